The molecule has 1 amide bonds. The fourth-order valence-electron chi connectivity index (χ4n) is 3.13. The van der Waals surface area contributed by atoms with Crippen LogP contribution in [0.5, 0.6) is 0 Å². The minimum atomic E-state index is 0. The van der Waals surface area contributed by atoms with E-state index in [1.807, 2.05) is 11.8 Å². The normalized spacial score (nSPS) is 24.3. The van der Waals surface area contributed by atoms with E-state index >= 15 is 0 Å². The van der Waals surface area contributed by atoms with Crippen molar-refractivity contribution < 1.29 is 9.53 Å². The van der Waals surface area contributed by atoms with E-state index in [1.54, 1.807) is 0 Å². The van der Waals surface area contributed by atoms with Crippen LogP contribution in [0.25, 0.3) is 0 Å². The van der Waals surface area contributed by atoms with Crippen LogP contribution in [0.15, 0.2) is 0 Å². The number of hydrogen-bond donors (Lipinski definition) is 1. The highest BCUT2D eigenvalue weighted by atomic mass is 35.5. The first kappa shape index (κ1) is 16.7. The molecule has 2 aliphatic rings. The number of halogens is 1. The van der Waals surface area contributed by atoms with Crippen LogP contribution < -0.4 is 5.32 Å². The van der Waals surface area contributed by atoms with E-state index in [1.165, 1.54) is 19.4 Å². The maximum atomic E-state index is 11.9. The van der Waals surface area contributed by atoms with E-state index in [0.29, 0.717) is 25.7 Å². The van der Waals surface area contributed by atoms with E-state index in [0.717, 1.165) is 31.8 Å². The molecule has 1 atom stereocenters. The van der Waals surface area contributed by atoms with Gasteiger partial charge in [-0.3, -0.25) is 4.79 Å². The third-order valence-electron chi connectivity index (χ3n) is 4.22. The van der Waals surface area contributed by atoms with Crippen LogP contribution in [0.3, 0.4) is 0 Å². The van der Waals surface area contributed by atoms with Gasteiger partial charge in [0.25, 0.3) is 0 Å². The second kappa shape index (κ2) is 8.77. The monoisotopic (exact) mass is 290 g/mol. The first-order valence-corrected chi connectivity index (χ1v) is 7.40. The zero-order chi connectivity index (χ0) is 12.8. The van der Waals surface area contributed by atoms with E-state index in [9.17, 15) is 4.79 Å². The molecule has 0 aromatic rings. The molecule has 2 aliphatic heterocycles. The summed E-state index contributed by atoms with van der Waals surface area (Å²) < 4.78 is 5.24. The lowest BCUT2D eigenvalue weighted by Crippen LogP contribution is -2.43. The molecule has 2 rings (SSSR count). The predicted molar refractivity (Wildman–Crippen MR) is 78.7 cm³/mol. The van der Waals surface area contributed by atoms with Crippen LogP contribution in [0, 0.1) is 5.92 Å². The van der Waals surface area contributed by atoms with Crippen molar-refractivity contribution in [2.45, 2.75) is 45.1 Å². The van der Waals surface area contributed by atoms with Crippen LogP contribution in [-0.4, -0.2) is 49.7 Å². The average Bonchev–Trinajstić information content (AvgIpc) is 2.93. The van der Waals surface area contributed by atoms with Gasteiger partial charge >= 0.3 is 0 Å². The highest BCUT2D eigenvalue weighted by Crippen LogP contribution is 2.25. The molecular formula is C14H27ClN2O2. The van der Waals surface area contributed by atoms with Crippen LogP contribution in [-0.2, 0) is 9.53 Å². The standard InChI is InChI=1S/C14H26N2O2.ClH/c1-2-18-11-7-14(17)16-9-5-12(6-10-16)13-4-3-8-15-13;/h12-13,15H,2-11H2,1H3;1H. The second-order valence-corrected chi connectivity index (χ2v) is 5.37. The van der Waals surface area contributed by atoms with Gasteiger partial charge in [0.2, 0.25) is 5.91 Å². The first-order valence-electron chi connectivity index (χ1n) is 7.40. The third kappa shape index (κ3) is 4.93. The SMILES string of the molecule is CCOCCC(=O)N1CCC(C2CCCN2)CC1.Cl. The van der Waals surface area contributed by atoms with E-state index in [-0.39, 0.29) is 18.3 Å². The fourth-order valence-corrected chi connectivity index (χ4v) is 3.13. The Labute approximate surface area is 122 Å². The molecule has 112 valence electrons. The van der Waals surface area contributed by atoms with Gasteiger partial charge in [-0.2, -0.15) is 0 Å². The maximum absolute atomic E-state index is 11.9. The molecule has 0 aliphatic carbocycles. The maximum Gasteiger partial charge on any atom is 0.224 e. The van der Waals surface area contributed by atoms with Gasteiger partial charge in [-0.25, -0.2) is 0 Å². The molecular weight excluding hydrogens is 264 g/mol. The van der Waals surface area contributed by atoms with Crippen LogP contribution >= 0.6 is 12.4 Å². The summed E-state index contributed by atoms with van der Waals surface area (Å²) in [6.07, 6.45) is 5.51. The number of nitrogens with one attached hydrogen (secondary N) is 1. The van der Waals surface area contributed by atoms with Gasteiger partial charge in [-0.15, -0.1) is 12.4 Å². The molecule has 2 saturated heterocycles. The van der Waals surface area contributed by atoms with Crippen molar-refractivity contribution in [1.29, 1.82) is 0 Å². The molecule has 0 radical (unpaired) electrons. The van der Waals surface area contributed by atoms with Gasteiger partial charge in [0.05, 0.1) is 13.0 Å². The van der Waals surface area contributed by atoms with E-state index in [2.05, 4.69) is 5.32 Å². The zero-order valence-electron chi connectivity index (χ0n) is 11.9. The first-order chi connectivity index (χ1) is 8.81. The molecule has 0 aromatic carbocycles. The number of likely N-dealkylation sites (tertiary alicyclic amines) is 1. The van der Waals surface area contributed by atoms with Crippen molar-refractivity contribution in [3.63, 3.8) is 0 Å². The lowest BCUT2D eigenvalue weighted by atomic mass is 9.88. The van der Waals surface area contributed by atoms with E-state index in [4.69, 9.17) is 4.74 Å². The Kier molecular flexibility index (Phi) is 7.73. The van der Waals surface area contributed by atoms with Gasteiger partial charge in [-0.05, 0) is 45.1 Å². The van der Waals surface area contributed by atoms with Crippen LogP contribution in [0.4, 0.5) is 0 Å². The number of piperidine rings is 1. The van der Waals surface area contributed by atoms with Gasteiger partial charge in [0.1, 0.15) is 0 Å². The summed E-state index contributed by atoms with van der Waals surface area (Å²) in [5, 5.41) is 3.59. The van der Waals surface area contributed by atoms with Crippen LogP contribution in [0.2, 0.25) is 0 Å². The predicted octanol–water partition coefficient (Wildman–Crippen LogP) is 1.83. The highest BCUT2D eigenvalue weighted by Gasteiger charge is 2.29. The third-order valence-corrected chi connectivity index (χ3v) is 4.22. The van der Waals surface area contributed by atoms with Crippen molar-refractivity contribution >= 4 is 18.3 Å². The van der Waals surface area contributed by atoms with Crippen molar-refractivity contribution in [1.82, 2.24) is 10.2 Å². The summed E-state index contributed by atoms with van der Waals surface area (Å²) in [5.74, 6) is 1.05. The summed E-state index contributed by atoms with van der Waals surface area (Å²) in [5.41, 5.74) is 0. The topological polar surface area (TPSA) is 41.6 Å². The quantitative estimate of drug-likeness (QED) is 0.786. The highest BCUT2D eigenvalue weighted by molar-refractivity contribution is 5.85. The van der Waals surface area contributed by atoms with Gasteiger partial charge in [0, 0.05) is 25.7 Å². The molecule has 0 aromatic heterocycles. The summed E-state index contributed by atoms with van der Waals surface area (Å²) in [7, 11) is 0. The second-order valence-electron chi connectivity index (χ2n) is 5.37. The molecule has 19 heavy (non-hydrogen) atoms. The number of carbonyl (C=O) groups excluding carboxylic acids is 1. The van der Waals surface area contributed by atoms with Crippen molar-refractivity contribution in [3.8, 4) is 0 Å². The van der Waals surface area contributed by atoms with Gasteiger partial charge < -0.3 is 15.0 Å². The van der Waals surface area contributed by atoms with Crippen LogP contribution in [0.1, 0.15) is 39.0 Å². The number of rotatable bonds is 5. The smallest absolute Gasteiger partial charge is 0.224 e. The number of carbonyl (C=O) groups is 1. The Balaban J connectivity index is 0.00000180. The number of amides is 1. The summed E-state index contributed by atoms with van der Waals surface area (Å²) in [6, 6.07) is 0.714. The molecule has 1 unspecified atom stereocenters. The lowest BCUT2D eigenvalue weighted by Gasteiger charge is -2.35. The Bertz CT molecular complexity index is 262. The van der Waals surface area contributed by atoms with Gasteiger partial charge in [0.15, 0.2) is 0 Å². The Morgan fingerprint density at radius 2 is 2.05 bits per heavy atom. The number of hydrogen-bond acceptors (Lipinski definition) is 3. The number of nitrogens with zero attached hydrogens (tertiary/aromatic N) is 1. The molecule has 4 nitrogen and oxygen atoms in total. The Hall–Kier alpha value is -0.320. The summed E-state index contributed by atoms with van der Waals surface area (Å²) >= 11 is 0. The van der Waals surface area contributed by atoms with E-state index < -0.39 is 0 Å². The average molecular weight is 291 g/mol. The summed E-state index contributed by atoms with van der Waals surface area (Å²) in [6.45, 7) is 6.28. The molecule has 0 spiro atoms. The van der Waals surface area contributed by atoms with Crippen molar-refractivity contribution in [2.24, 2.45) is 5.92 Å². The zero-order valence-corrected chi connectivity index (χ0v) is 12.7. The molecule has 2 heterocycles. The Morgan fingerprint density at radius 1 is 1.32 bits per heavy atom. The minimum Gasteiger partial charge on any atom is -0.381 e. The summed E-state index contributed by atoms with van der Waals surface area (Å²) in [4.78, 5) is 13.9. The van der Waals surface area contributed by atoms with Crippen molar-refractivity contribution in [3.05, 3.63) is 0 Å². The minimum absolute atomic E-state index is 0. The lowest BCUT2D eigenvalue weighted by molar-refractivity contribution is -0.133. The molecule has 1 N–H and O–H groups in total. The van der Waals surface area contributed by atoms with Gasteiger partial charge in [-0.1, -0.05) is 0 Å². The largest absolute Gasteiger partial charge is 0.381 e. The molecule has 5 heteroatoms. The molecule has 0 bridgehead atoms. The Morgan fingerprint density at radius 3 is 2.63 bits per heavy atom. The molecule has 2 fully saturated rings. The molecule has 0 saturated carbocycles. The fraction of sp³-hybridized carbons (Fsp3) is 0.929. The number of ether oxygens (including phenoxy) is 1. The van der Waals surface area contributed by atoms with Crippen molar-refractivity contribution in [2.75, 3.05) is 32.8 Å².